The molecule has 7 rings (SSSR count). The van der Waals surface area contributed by atoms with E-state index in [-0.39, 0.29) is 6.04 Å². The highest BCUT2D eigenvalue weighted by molar-refractivity contribution is 7.22. The summed E-state index contributed by atoms with van der Waals surface area (Å²) in [6.07, 6.45) is 15.0. The molecule has 4 nitrogen and oxygen atoms in total. The van der Waals surface area contributed by atoms with E-state index in [4.69, 9.17) is 14.6 Å². The Labute approximate surface area is 292 Å². The van der Waals surface area contributed by atoms with Crippen molar-refractivity contribution < 1.29 is 8.83 Å². The fourth-order valence-corrected chi connectivity index (χ4v) is 8.94. The van der Waals surface area contributed by atoms with Crippen LogP contribution in [0.3, 0.4) is 0 Å². The summed E-state index contributed by atoms with van der Waals surface area (Å²) in [5.74, 6) is 3.59. The van der Waals surface area contributed by atoms with Gasteiger partial charge in [-0.1, -0.05) is 90.2 Å². The number of rotatable bonds is 17. The zero-order chi connectivity index (χ0) is 32.9. The van der Waals surface area contributed by atoms with Crippen LogP contribution in [0.1, 0.15) is 103 Å². The third-order valence-corrected chi connectivity index (χ3v) is 11.9. The lowest BCUT2D eigenvalue weighted by atomic mass is 10.00. The molecule has 4 heterocycles. The maximum absolute atomic E-state index is 6.51. The van der Waals surface area contributed by atoms with Crippen LogP contribution < -0.4 is 11.1 Å². The number of hydrogen-bond acceptors (Lipinski definition) is 6. The second-order valence-corrected chi connectivity index (χ2v) is 15.5. The first-order valence-electron chi connectivity index (χ1n) is 18.1. The van der Waals surface area contributed by atoms with Crippen LogP contribution in [-0.4, -0.2) is 6.54 Å². The fraction of sp³-hybridized carbons (Fsp3) is 0.381. The van der Waals surface area contributed by atoms with Crippen molar-refractivity contribution in [3.05, 3.63) is 78.6 Å². The van der Waals surface area contributed by atoms with Crippen molar-refractivity contribution in [1.29, 1.82) is 0 Å². The van der Waals surface area contributed by atoms with Crippen LogP contribution in [0.4, 0.5) is 5.88 Å². The monoisotopic (exact) mass is 676 g/mol. The molecule has 0 aliphatic heterocycles. The number of furan rings is 2. The molecule has 0 fully saturated rings. The molecule has 0 amide bonds. The number of hydrogen-bond donors (Lipinski definition) is 2. The topological polar surface area (TPSA) is 64.3 Å². The van der Waals surface area contributed by atoms with E-state index in [9.17, 15) is 0 Å². The molecular formula is C42H48N2O2S2. The number of thiophene rings is 2. The first-order chi connectivity index (χ1) is 23.6. The van der Waals surface area contributed by atoms with E-state index in [2.05, 4.69) is 92.0 Å². The minimum Gasteiger partial charge on any atom is -0.459 e. The van der Waals surface area contributed by atoms with Gasteiger partial charge >= 0.3 is 0 Å². The number of fused-ring (bicyclic) bond motifs is 5. The van der Waals surface area contributed by atoms with E-state index in [1.807, 2.05) is 0 Å². The fourth-order valence-electron chi connectivity index (χ4n) is 6.85. The molecule has 1 atom stereocenters. The van der Waals surface area contributed by atoms with E-state index in [0.29, 0.717) is 0 Å². The molecule has 3 aromatic carbocycles. The average Bonchev–Trinajstić information content (AvgIpc) is 3.91. The molecular weight excluding hydrogens is 629 g/mol. The molecule has 3 N–H and O–H groups in total. The van der Waals surface area contributed by atoms with Gasteiger partial charge in [0, 0.05) is 22.0 Å². The number of nitrogens with two attached hydrogens (primary N) is 1. The second kappa shape index (κ2) is 15.3. The summed E-state index contributed by atoms with van der Waals surface area (Å²) in [6, 6.07) is 26.7. The van der Waals surface area contributed by atoms with Gasteiger partial charge in [-0.2, -0.15) is 0 Å². The molecule has 0 radical (unpaired) electrons. The van der Waals surface area contributed by atoms with Gasteiger partial charge in [-0.3, -0.25) is 0 Å². The molecule has 48 heavy (non-hydrogen) atoms. The lowest BCUT2D eigenvalue weighted by Gasteiger charge is -2.08. The summed E-state index contributed by atoms with van der Waals surface area (Å²) in [5.41, 5.74) is 6.51. The van der Waals surface area contributed by atoms with Crippen molar-refractivity contribution in [2.75, 3.05) is 11.9 Å². The normalized spacial score (nSPS) is 12.6. The van der Waals surface area contributed by atoms with Crippen LogP contribution in [-0.2, 0) is 0 Å². The number of benzene rings is 3. The van der Waals surface area contributed by atoms with Crippen molar-refractivity contribution >= 4 is 70.3 Å². The Kier molecular flexibility index (Phi) is 10.5. The van der Waals surface area contributed by atoms with E-state index < -0.39 is 0 Å². The summed E-state index contributed by atoms with van der Waals surface area (Å²) in [6.45, 7) is 5.47. The maximum Gasteiger partial charge on any atom is 0.193 e. The summed E-state index contributed by atoms with van der Waals surface area (Å²) in [5, 5.41) is 11.1. The highest BCUT2D eigenvalue weighted by Crippen LogP contribution is 2.42. The van der Waals surface area contributed by atoms with Gasteiger partial charge in [-0.15, -0.1) is 22.7 Å². The van der Waals surface area contributed by atoms with E-state index in [1.54, 1.807) is 22.7 Å². The number of unbranched alkanes of at least 4 members (excludes halogenated alkanes) is 9. The van der Waals surface area contributed by atoms with Crippen molar-refractivity contribution in [1.82, 2.24) is 0 Å². The van der Waals surface area contributed by atoms with Crippen molar-refractivity contribution in [2.24, 2.45) is 5.73 Å². The third kappa shape index (κ3) is 7.36. The minimum absolute atomic E-state index is 0.0419. The molecule has 0 saturated heterocycles. The van der Waals surface area contributed by atoms with Gasteiger partial charge < -0.3 is 19.9 Å². The van der Waals surface area contributed by atoms with Gasteiger partial charge in [-0.25, -0.2) is 0 Å². The van der Waals surface area contributed by atoms with Gasteiger partial charge in [0.15, 0.2) is 5.88 Å². The average molecular weight is 677 g/mol. The first kappa shape index (κ1) is 32.9. The van der Waals surface area contributed by atoms with Crippen molar-refractivity contribution in [2.45, 2.75) is 96.9 Å². The quantitative estimate of drug-likeness (QED) is 0.0744. The summed E-state index contributed by atoms with van der Waals surface area (Å²) >= 11 is 3.60. The zero-order valence-electron chi connectivity index (χ0n) is 28.4. The Balaban J connectivity index is 1.08. The lowest BCUT2D eigenvalue weighted by Crippen LogP contribution is -2.08. The molecule has 4 aromatic heterocycles. The molecule has 6 heteroatoms. The second-order valence-electron chi connectivity index (χ2n) is 13.4. The molecule has 7 aromatic rings. The number of anilines is 1. The largest absolute Gasteiger partial charge is 0.459 e. The smallest absolute Gasteiger partial charge is 0.193 e. The van der Waals surface area contributed by atoms with Gasteiger partial charge in [-0.05, 0) is 99.8 Å². The van der Waals surface area contributed by atoms with E-state index in [0.717, 1.165) is 52.3 Å². The van der Waals surface area contributed by atoms with Crippen molar-refractivity contribution in [3.63, 3.8) is 0 Å². The lowest BCUT2D eigenvalue weighted by molar-refractivity contribution is 0.447. The number of nitrogens with one attached hydrogen (secondary N) is 1. The van der Waals surface area contributed by atoms with Crippen LogP contribution in [0.2, 0.25) is 0 Å². The highest BCUT2D eigenvalue weighted by Gasteiger charge is 2.16. The molecule has 250 valence electrons. The van der Waals surface area contributed by atoms with Gasteiger partial charge in [0.2, 0.25) is 0 Å². The summed E-state index contributed by atoms with van der Waals surface area (Å²) in [4.78, 5) is 2.31. The molecule has 1 unspecified atom stereocenters. The van der Waals surface area contributed by atoms with Crippen LogP contribution in [0, 0.1) is 0 Å². The molecule has 0 aliphatic rings. The van der Waals surface area contributed by atoms with Gasteiger partial charge in [0.25, 0.3) is 0 Å². The Hall–Kier alpha value is -3.58. The molecule has 0 spiro atoms. The van der Waals surface area contributed by atoms with E-state index >= 15 is 0 Å². The van der Waals surface area contributed by atoms with Gasteiger partial charge in [0.1, 0.15) is 17.3 Å². The maximum atomic E-state index is 6.51. The Morgan fingerprint density at radius 1 is 0.583 bits per heavy atom. The predicted octanol–water partition coefficient (Wildman–Crippen LogP) is 14.1. The highest BCUT2D eigenvalue weighted by atomic mass is 32.1. The Bertz CT molecular complexity index is 2110. The standard InChI is InChI=1S/C42H48N2O2S2/c1-3-5-7-9-11-13-21-44-42-20-19-37(46-42)41-25-31-23-29-16-15-28-22-30-24-40(47-38(30)26-32(28)33(29)27-39(31)48-41)36-18-17-35(45-36)34(43)14-12-10-8-6-4-2/h15-20,22-27,34,44H,3-14,21,43H2,1-2H3. The third-order valence-electron chi connectivity index (χ3n) is 9.64. The minimum atomic E-state index is -0.0419. The zero-order valence-corrected chi connectivity index (χ0v) is 30.0. The van der Waals surface area contributed by atoms with Crippen LogP contribution >= 0.6 is 22.7 Å². The SMILES string of the molecule is CCCCCCCCNc1ccc(-c2cc3cc4ccc5cc6cc(-c7ccc(C(N)CCCCCCC)o7)sc6cc5c4cc3s2)o1. The Morgan fingerprint density at radius 2 is 1.15 bits per heavy atom. The summed E-state index contributed by atoms with van der Waals surface area (Å²) in [7, 11) is 0. The van der Waals surface area contributed by atoms with Crippen LogP contribution in [0.15, 0.2) is 81.6 Å². The van der Waals surface area contributed by atoms with Crippen LogP contribution in [0.5, 0.6) is 0 Å². The predicted molar refractivity (Wildman–Crippen MR) is 210 cm³/mol. The summed E-state index contributed by atoms with van der Waals surface area (Å²) < 4.78 is 15.1. The van der Waals surface area contributed by atoms with Crippen molar-refractivity contribution in [3.8, 4) is 21.3 Å². The molecule has 0 saturated carbocycles. The molecule has 0 aliphatic carbocycles. The van der Waals surface area contributed by atoms with E-state index in [1.165, 1.54) is 106 Å². The molecule has 0 bridgehead atoms. The Morgan fingerprint density at radius 3 is 1.79 bits per heavy atom. The van der Waals surface area contributed by atoms with Crippen LogP contribution in [0.25, 0.3) is 63.0 Å². The first-order valence-corrected chi connectivity index (χ1v) is 19.8. The van der Waals surface area contributed by atoms with Gasteiger partial charge in [0.05, 0.1) is 15.8 Å².